The molecule has 3 rings (SSSR count). The van der Waals surface area contributed by atoms with E-state index in [0.717, 1.165) is 17.7 Å². The molecular formula is C19H20N2O2. The summed E-state index contributed by atoms with van der Waals surface area (Å²) in [6, 6.07) is 14.5. The van der Waals surface area contributed by atoms with Crippen LogP contribution in [0.4, 0.5) is 11.4 Å². The highest BCUT2D eigenvalue weighted by Gasteiger charge is 2.36. The van der Waals surface area contributed by atoms with E-state index in [0.29, 0.717) is 17.7 Å². The highest BCUT2D eigenvalue weighted by atomic mass is 16.2. The Hall–Kier alpha value is -2.62. The van der Waals surface area contributed by atoms with Crippen LogP contribution in [0, 0.1) is 6.92 Å². The highest BCUT2D eigenvalue weighted by Crippen LogP contribution is 2.34. The third-order valence-corrected chi connectivity index (χ3v) is 4.08. The van der Waals surface area contributed by atoms with Gasteiger partial charge in [-0.3, -0.25) is 14.5 Å². The van der Waals surface area contributed by atoms with Crippen LogP contribution in [0.1, 0.15) is 35.7 Å². The van der Waals surface area contributed by atoms with E-state index in [1.165, 1.54) is 0 Å². The fourth-order valence-corrected chi connectivity index (χ4v) is 2.99. The van der Waals surface area contributed by atoms with Gasteiger partial charge in [-0.15, -0.1) is 0 Å². The molecule has 0 saturated carbocycles. The fourth-order valence-electron chi connectivity index (χ4n) is 2.99. The normalized spacial score (nSPS) is 16.7. The second-order valence-corrected chi connectivity index (χ2v) is 5.86. The number of rotatable bonds is 3. The first-order valence-corrected chi connectivity index (χ1v) is 7.92. The Kier molecular flexibility index (Phi) is 4.15. The molecule has 1 aliphatic heterocycles. The average molecular weight is 308 g/mol. The zero-order valence-corrected chi connectivity index (χ0v) is 13.4. The lowest BCUT2D eigenvalue weighted by molar-refractivity contribution is -0.117. The molecule has 118 valence electrons. The molecule has 0 aliphatic carbocycles. The van der Waals surface area contributed by atoms with Crippen LogP contribution in [0.25, 0.3) is 0 Å². The number of nitrogens with zero attached hydrogens (tertiary/aromatic N) is 1. The van der Waals surface area contributed by atoms with Crippen molar-refractivity contribution >= 4 is 23.2 Å². The molecule has 0 unspecified atom stereocenters. The van der Waals surface area contributed by atoms with Gasteiger partial charge in [0, 0.05) is 5.56 Å². The van der Waals surface area contributed by atoms with Crippen LogP contribution in [-0.4, -0.2) is 17.9 Å². The Labute approximate surface area is 136 Å². The van der Waals surface area contributed by atoms with Crippen molar-refractivity contribution in [1.29, 1.82) is 0 Å². The van der Waals surface area contributed by atoms with E-state index in [1.807, 2.05) is 56.3 Å². The van der Waals surface area contributed by atoms with E-state index in [1.54, 1.807) is 11.0 Å². The van der Waals surface area contributed by atoms with Crippen LogP contribution in [-0.2, 0) is 4.79 Å². The molecule has 0 fully saturated rings. The van der Waals surface area contributed by atoms with E-state index in [4.69, 9.17) is 0 Å². The maximum Gasteiger partial charge on any atom is 0.259 e. The van der Waals surface area contributed by atoms with Crippen LogP contribution in [0.2, 0.25) is 0 Å². The summed E-state index contributed by atoms with van der Waals surface area (Å²) >= 11 is 0. The lowest BCUT2D eigenvalue weighted by Crippen LogP contribution is -2.51. The van der Waals surface area contributed by atoms with Crippen molar-refractivity contribution in [1.82, 2.24) is 0 Å². The van der Waals surface area contributed by atoms with Gasteiger partial charge in [-0.05, 0) is 37.6 Å². The third-order valence-electron chi connectivity index (χ3n) is 4.08. The number of hydrogen-bond donors (Lipinski definition) is 1. The minimum absolute atomic E-state index is 0.119. The first kappa shape index (κ1) is 15.3. The Morgan fingerprint density at radius 1 is 1.17 bits per heavy atom. The van der Waals surface area contributed by atoms with Crippen LogP contribution in [0.15, 0.2) is 48.5 Å². The number of amides is 2. The third kappa shape index (κ3) is 2.84. The molecule has 4 nitrogen and oxygen atoms in total. The second kappa shape index (κ2) is 6.24. The van der Waals surface area contributed by atoms with Gasteiger partial charge in [0.05, 0.1) is 11.4 Å². The topological polar surface area (TPSA) is 49.4 Å². The van der Waals surface area contributed by atoms with Crippen LogP contribution >= 0.6 is 0 Å². The van der Waals surface area contributed by atoms with Crippen LogP contribution in [0.3, 0.4) is 0 Å². The van der Waals surface area contributed by atoms with E-state index in [9.17, 15) is 9.59 Å². The zero-order valence-electron chi connectivity index (χ0n) is 13.4. The lowest BCUT2D eigenvalue weighted by atomic mass is 10.0. The SMILES string of the molecule is CCC[C@@H]1C(=O)Nc2ccccc2N1C(=O)c1cccc(C)c1. The maximum absolute atomic E-state index is 13.1. The fraction of sp³-hybridized carbons (Fsp3) is 0.263. The van der Waals surface area contributed by atoms with Crippen molar-refractivity contribution in [3.63, 3.8) is 0 Å². The smallest absolute Gasteiger partial charge is 0.259 e. The Morgan fingerprint density at radius 3 is 2.70 bits per heavy atom. The standard InChI is InChI=1S/C19H20N2O2/c1-3-7-17-18(22)20-15-10-4-5-11-16(15)21(17)19(23)14-9-6-8-13(2)12-14/h4-6,8-12,17H,3,7H2,1-2H3,(H,20,22)/t17-/m1/s1. The Morgan fingerprint density at radius 2 is 1.96 bits per heavy atom. The number of nitrogens with one attached hydrogen (secondary N) is 1. The van der Waals surface area contributed by atoms with Crippen LogP contribution < -0.4 is 10.2 Å². The summed E-state index contributed by atoms with van der Waals surface area (Å²) in [6.07, 6.45) is 1.47. The second-order valence-electron chi connectivity index (χ2n) is 5.86. The van der Waals surface area contributed by atoms with E-state index in [-0.39, 0.29) is 11.8 Å². The first-order valence-electron chi connectivity index (χ1n) is 7.92. The molecular weight excluding hydrogens is 288 g/mol. The van der Waals surface area contributed by atoms with Gasteiger partial charge in [-0.2, -0.15) is 0 Å². The molecule has 1 aliphatic rings. The van der Waals surface area contributed by atoms with Crippen molar-refractivity contribution in [3.8, 4) is 0 Å². The summed E-state index contributed by atoms with van der Waals surface area (Å²) in [5.41, 5.74) is 3.08. The predicted molar refractivity (Wildman–Crippen MR) is 91.8 cm³/mol. The molecule has 4 heteroatoms. The summed E-state index contributed by atoms with van der Waals surface area (Å²) in [4.78, 5) is 27.2. The molecule has 0 radical (unpaired) electrons. The largest absolute Gasteiger partial charge is 0.322 e. The molecule has 2 aromatic rings. The molecule has 1 N–H and O–H groups in total. The summed E-state index contributed by atoms with van der Waals surface area (Å²) in [5.74, 6) is -0.249. The van der Waals surface area contributed by atoms with Crippen molar-refractivity contribution in [2.45, 2.75) is 32.7 Å². The van der Waals surface area contributed by atoms with Crippen molar-refractivity contribution in [2.75, 3.05) is 10.2 Å². The van der Waals surface area contributed by atoms with Gasteiger partial charge in [-0.25, -0.2) is 0 Å². The van der Waals surface area contributed by atoms with Gasteiger partial charge in [0.25, 0.3) is 5.91 Å². The molecule has 1 heterocycles. The van der Waals surface area contributed by atoms with E-state index >= 15 is 0 Å². The monoisotopic (exact) mass is 308 g/mol. The summed E-state index contributed by atoms with van der Waals surface area (Å²) in [5, 5.41) is 2.91. The minimum Gasteiger partial charge on any atom is -0.322 e. The Bertz CT molecular complexity index is 755. The van der Waals surface area contributed by atoms with Crippen molar-refractivity contribution < 1.29 is 9.59 Å². The lowest BCUT2D eigenvalue weighted by Gasteiger charge is -2.36. The number of hydrogen-bond acceptors (Lipinski definition) is 2. The molecule has 0 spiro atoms. The van der Waals surface area contributed by atoms with Crippen molar-refractivity contribution in [2.24, 2.45) is 0 Å². The van der Waals surface area contributed by atoms with Gasteiger partial charge >= 0.3 is 0 Å². The Balaban J connectivity index is 2.08. The molecule has 23 heavy (non-hydrogen) atoms. The molecule has 0 bridgehead atoms. The predicted octanol–water partition coefficient (Wildman–Crippen LogP) is 3.76. The van der Waals surface area contributed by atoms with Crippen LogP contribution in [0.5, 0.6) is 0 Å². The van der Waals surface area contributed by atoms with Gasteiger partial charge in [0.2, 0.25) is 5.91 Å². The first-order chi connectivity index (χ1) is 11.1. The summed E-state index contributed by atoms with van der Waals surface area (Å²) in [6.45, 7) is 3.97. The van der Waals surface area contributed by atoms with Gasteiger partial charge < -0.3 is 5.32 Å². The molecule has 2 amide bonds. The number of anilines is 2. The number of carbonyl (C=O) groups is 2. The number of carbonyl (C=O) groups excluding carboxylic acids is 2. The zero-order chi connectivity index (χ0) is 16.4. The molecule has 1 atom stereocenters. The van der Waals surface area contributed by atoms with Crippen molar-refractivity contribution in [3.05, 3.63) is 59.7 Å². The quantitative estimate of drug-likeness (QED) is 0.938. The summed E-state index contributed by atoms with van der Waals surface area (Å²) in [7, 11) is 0. The number of para-hydroxylation sites is 2. The number of fused-ring (bicyclic) bond motifs is 1. The van der Waals surface area contributed by atoms with Gasteiger partial charge in [0.15, 0.2) is 0 Å². The average Bonchev–Trinajstić information content (AvgIpc) is 2.55. The highest BCUT2D eigenvalue weighted by molar-refractivity contribution is 6.16. The van der Waals surface area contributed by atoms with E-state index < -0.39 is 6.04 Å². The van der Waals surface area contributed by atoms with Gasteiger partial charge in [0.1, 0.15) is 6.04 Å². The number of aryl methyl sites for hydroxylation is 1. The van der Waals surface area contributed by atoms with Gasteiger partial charge in [-0.1, -0.05) is 43.2 Å². The molecule has 0 aromatic heterocycles. The molecule has 2 aromatic carbocycles. The number of benzene rings is 2. The summed E-state index contributed by atoms with van der Waals surface area (Å²) < 4.78 is 0. The minimum atomic E-state index is -0.470. The molecule has 0 saturated heterocycles. The maximum atomic E-state index is 13.1. The van der Waals surface area contributed by atoms with E-state index in [2.05, 4.69) is 5.32 Å².